The van der Waals surface area contributed by atoms with Crippen molar-refractivity contribution >= 4 is 23.1 Å². The van der Waals surface area contributed by atoms with Crippen LogP contribution in [0.1, 0.15) is 26.5 Å². The first-order valence-corrected chi connectivity index (χ1v) is 9.82. The fourth-order valence-corrected chi connectivity index (χ4v) is 3.21. The number of anilines is 1. The molecule has 4 atom stereocenters. The Morgan fingerprint density at radius 3 is 2.72 bits per heavy atom. The molecule has 3 rings (SSSR count). The lowest BCUT2D eigenvalue weighted by atomic mass is 9.91. The van der Waals surface area contributed by atoms with E-state index in [0.29, 0.717) is 5.52 Å². The van der Waals surface area contributed by atoms with E-state index in [9.17, 15) is 25.1 Å². The summed E-state index contributed by atoms with van der Waals surface area (Å²) < 4.78 is 17.1. The highest BCUT2D eigenvalue weighted by Crippen LogP contribution is 2.40. The van der Waals surface area contributed by atoms with Crippen molar-refractivity contribution in [1.29, 1.82) is 5.26 Å². The molecule has 1 fully saturated rings. The number of carbonyl (C=O) groups excluding carboxylic acids is 2. The molecule has 12 heteroatoms. The number of rotatable bonds is 7. The van der Waals surface area contributed by atoms with E-state index in [0.717, 1.165) is 0 Å². The minimum Gasteiger partial charge on any atom is -0.461 e. The van der Waals surface area contributed by atoms with E-state index in [-0.39, 0.29) is 23.9 Å². The van der Waals surface area contributed by atoms with E-state index in [2.05, 4.69) is 10.1 Å². The van der Waals surface area contributed by atoms with Gasteiger partial charge < -0.3 is 30.2 Å². The lowest BCUT2D eigenvalue weighted by molar-refractivity contribution is -0.156. The third-order valence-corrected chi connectivity index (χ3v) is 5.18. The summed E-state index contributed by atoms with van der Waals surface area (Å²) in [6.45, 7) is 4.03. The second kappa shape index (κ2) is 8.79. The van der Waals surface area contributed by atoms with Crippen molar-refractivity contribution in [2.45, 2.75) is 44.7 Å². The van der Waals surface area contributed by atoms with Crippen molar-refractivity contribution in [2.24, 2.45) is 5.41 Å². The molecule has 3 heterocycles. The zero-order valence-electron chi connectivity index (χ0n) is 17.9. The van der Waals surface area contributed by atoms with Gasteiger partial charge >= 0.3 is 5.97 Å². The van der Waals surface area contributed by atoms with Crippen LogP contribution < -0.4 is 5.73 Å². The Kier molecular flexibility index (Phi) is 6.47. The number of Topliss-reactive ketones (excluding diaryl/α,β-unsaturated/α-hetero) is 1. The molecule has 0 saturated carbocycles. The number of aromatic nitrogens is 3. The van der Waals surface area contributed by atoms with Crippen LogP contribution in [-0.4, -0.2) is 74.7 Å². The molecule has 0 aromatic carbocycles. The highest BCUT2D eigenvalue weighted by molar-refractivity contribution is 5.85. The molecule has 172 valence electrons. The number of hydrogen-bond donors (Lipinski definition) is 3. The molecule has 0 amide bonds. The van der Waals surface area contributed by atoms with Crippen molar-refractivity contribution in [3.05, 3.63) is 24.2 Å². The van der Waals surface area contributed by atoms with Gasteiger partial charge in [0.1, 0.15) is 56.0 Å². The maximum Gasteiger partial charge on any atom is 0.332 e. The molecule has 2 aromatic rings. The van der Waals surface area contributed by atoms with Gasteiger partial charge in [-0.25, -0.2) is 14.3 Å². The largest absolute Gasteiger partial charge is 0.461 e. The summed E-state index contributed by atoms with van der Waals surface area (Å²) in [7, 11) is 0. The molecule has 1 aliphatic heterocycles. The monoisotopic (exact) mass is 447 g/mol. The molecule has 2 aromatic heterocycles. The molecule has 0 spiro atoms. The van der Waals surface area contributed by atoms with Gasteiger partial charge in [0.2, 0.25) is 5.60 Å². The lowest BCUT2D eigenvalue weighted by Crippen LogP contribution is -2.41. The smallest absolute Gasteiger partial charge is 0.332 e. The van der Waals surface area contributed by atoms with E-state index in [1.165, 1.54) is 16.9 Å². The van der Waals surface area contributed by atoms with Gasteiger partial charge in [0.05, 0.1) is 5.69 Å². The fraction of sp³-hybridized carbons (Fsp3) is 0.550. The number of ether oxygens (including phenoxy) is 3. The van der Waals surface area contributed by atoms with Gasteiger partial charge in [-0.1, -0.05) is 20.8 Å². The van der Waals surface area contributed by atoms with E-state index in [1.807, 2.05) is 6.07 Å². The SMILES string of the molecule is CC(C)(C)C(=O)COCC(=O)OC[C@H]1O[C@@](C#N)(c2ccc3c(N)ncnn23)[C@H](O)[C@@H]1O. The van der Waals surface area contributed by atoms with Crippen LogP contribution in [0.5, 0.6) is 0 Å². The molecule has 1 saturated heterocycles. The highest BCUT2D eigenvalue weighted by atomic mass is 16.6. The van der Waals surface area contributed by atoms with E-state index in [1.54, 1.807) is 26.8 Å². The van der Waals surface area contributed by atoms with Crippen LogP contribution in [0.3, 0.4) is 0 Å². The summed E-state index contributed by atoms with van der Waals surface area (Å²) in [6, 6.07) is 4.92. The lowest BCUT2D eigenvalue weighted by Gasteiger charge is -2.24. The van der Waals surface area contributed by atoms with Crippen LogP contribution in [0.2, 0.25) is 0 Å². The van der Waals surface area contributed by atoms with Gasteiger partial charge in [0, 0.05) is 5.41 Å². The fourth-order valence-electron chi connectivity index (χ4n) is 3.21. The number of carbonyl (C=O) groups is 2. The van der Waals surface area contributed by atoms with Gasteiger partial charge in [-0.2, -0.15) is 10.4 Å². The van der Waals surface area contributed by atoms with Crippen molar-refractivity contribution in [1.82, 2.24) is 14.6 Å². The topological polar surface area (TPSA) is 182 Å². The average Bonchev–Trinajstić information content (AvgIpc) is 3.27. The summed E-state index contributed by atoms with van der Waals surface area (Å²) in [5.41, 5.74) is 3.75. The summed E-state index contributed by atoms with van der Waals surface area (Å²) in [4.78, 5) is 27.6. The highest BCUT2D eigenvalue weighted by Gasteiger charge is 2.57. The minimum atomic E-state index is -1.99. The number of fused-ring (bicyclic) bond motifs is 1. The Morgan fingerprint density at radius 2 is 2.06 bits per heavy atom. The zero-order valence-corrected chi connectivity index (χ0v) is 17.9. The molecular weight excluding hydrogens is 422 g/mol. The van der Waals surface area contributed by atoms with Crippen molar-refractivity contribution < 1.29 is 34.0 Å². The van der Waals surface area contributed by atoms with Gasteiger partial charge in [0.25, 0.3) is 0 Å². The number of nitriles is 1. The summed E-state index contributed by atoms with van der Waals surface area (Å²) >= 11 is 0. The number of ketones is 1. The molecule has 1 aliphatic rings. The molecule has 12 nitrogen and oxygen atoms in total. The first-order valence-electron chi connectivity index (χ1n) is 9.82. The Balaban J connectivity index is 1.66. The maximum atomic E-state index is 11.9. The molecule has 0 radical (unpaired) electrons. The zero-order chi connectivity index (χ0) is 23.7. The Hall–Kier alpha value is -3.11. The van der Waals surface area contributed by atoms with Crippen LogP contribution in [0.4, 0.5) is 5.82 Å². The summed E-state index contributed by atoms with van der Waals surface area (Å²) in [5, 5.41) is 35.0. The van der Waals surface area contributed by atoms with E-state index < -0.39 is 48.5 Å². The molecule has 32 heavy (non-hydrogen) atoms. The van der Waals surface area contributed by atoms with Crippen LogP contribution in [0, 0.1) is 16.7 Å². The van der Waals surface area contributed by atoms with Crippen molar-refractivity contribution in [2.75, 3.05) is 25.6 Å². The number of nitrogen functional groups attached to an aromatic ring is 1. The molecule has 0 bridgehead atoms. The standard InChI is InChI=1S/C20H25N5O7/c1-19(2,3)14(26)7-30-8-15(27)31-6-12-16(28)17(29)20(9-21,32-12)13-5-4-11-18(22)23-10-24-25(11)13/h4-5,10,12,16-17,28-29H,6-8H2,1-3H3,(H2,22,23,24)/t12-,16-,17-,20+/m1/s1. The van der Waals surface area contributed by atoms with Crippen molar-refractivity contribution in [3.63, 3.8) is 0 Å². The average molecular weight is 447 g/mol. The van der Waals surface area contributed by atoms with Crippen LogP contribution in [-0.2, 0) is 29.4 Å². The van der Waals surface area contributed by atoms with Crippen LogP contribution >= 0.6 is 0 Å². The number of hydrogen-bond acceptors (Lipinski definition) is 11. The quantitative estimate of drug-likeness (QED) is 0.457. The molecule has 0 aliphatic carbocycles. The number of aliphatic hydroxyl groups excluding tert-OH is 2. The number of esters is 1. The maximum absolute atomic E-state index is 11.9. The van der Waals surface area contributed by atoms with Crippen LogP contribution in [0.25, 0.3) is 5.52 Å². The molecule has 4 N–H and O–H groups in total. The van der Waals surface area contributed by atoms with Crippen molar-refractivity contribution in [3.8, 4) is 6.07 Å². The Morgan fingerprint density at radius 1 is 1.34 bits per heavy atom. The minimum absolute atomic E-state index is 0.133. The second-order valence-corrected chi connectivity index (χ2v) is 8.45. The van der Waals surface area contributed by atoms with Gasteiger partial charge in [0.15, 0.2) is 11.6 Å². The van der Waals surface area contributed by atoms with E-state index in [4.69, 9.17) is 19.9 Å². The van der Waals surface area contributed by atoms with Gasteiger partial charge in [-0.15, -0.1) is 0 Å². The Bertz CT molecular complexity index is 1060. The van der Waals surface area contributed by atoms with E-state index >= 15 is 0 Å². The van der Waals surface area contributed by atoms with Crippen LogP contribution in [0.15, 0.2) is 18.5 Å². The van der Waals surface area contributed by atoms with Gasteiger partial charge in [-0.05, 0) is 12.1 Å². The third kappa shape index (κ3) is 4.28. The Labute approximate surface area is 183 Å². The predicted molar refractivity (Wildman–Crippen MR) is 108 cm³/mol. The summed E-state index contributed by atoms with van der Waals surface area (Å²) in [6.07, 6.45) is -3.21. The number of nitrogens with zero attached hydrogens (tertiary/aromatic N) is 4. The third-order valence-electron chi connectivity index (χ3n) is 5.18. The van der Waals surface area contributed by atoms with Gasteiger partial charge in [-0.3, -0.25) is 4.79 Å². The second-order valence-electron chi connectivity index (χ2n) is 8.45. The number of aliphatic hydroxyl groups is 2. The predicted octanol–water partition coefficient (Wildman–Crippen LogP) is -0.674. The normalized spacial score (nSPS) is 25.6. The molecule has 0 unspecified atom stereocenters. The number of nitrogens with two attached hydrogens (primary N) is 1. The first kappa shape index (κ1) is 23.6. The summed E-state index contributed by atoms with van der Waals surface area (Å²) in [5.74, 6) is -0.812. The molecular formula is C20H25N5O7. The first-order chi connectivity index (χ1) is 15.0.